The van der Waals surface area contributed by atoms with Gasteiger partial charge >= 0.3 is 0 Å². The topological polar surface area (TPSA) is 75.4 Å². The molecular formula is C26H23N3O3. The predicted molar refractivity (Wildman–Crippen MR) is 124 cm³/mol. The summed E-state index contributed by atoms with van der Waals surface area (Å²) in [6.45, 7) is 1.51. The molecule has 160 valence electrons. The molecule has 2 heterocycles. The number of likely N-dealkylation sites (tertiary alicyclic amines) is 1. The van der Waals surface area contributed by atoms with E-state index in [1.165, 1.54) is 0 Å². The molecule has 1 aromatic heterocycles. The maximum absolute atomic E-state index is 13.1. The van der Waals surface area contributed by atoms with Gasteiger partial charge in [0.1, 0.15) is 5.52 Å². The lowest BCUT2D eigenvalue weighted by Gasteiger charge is -2.27. The number of hydrogen-bond acceptors (Lipinski definition) is 4. The van der Waals surface area contributed by atoms with Crippen LogP contribution in [0.2, 0.25) is 0 Å². The average Bonchev–Trinajstić information content (AvgIpc) is 3.28. The lowest BCUT2D eigenvalue weighted by Crippen LogP contribution is -2.36. The summed E-state index contributed by atoms with van der Waals surface area (Å²) < 4.78 is 5.54. The Labute approximate surface area is 185 Å². The molecule has 0 radical (unpaired) electrons. The van der Waals surface area contributed by atoms with E-state index in [4.69, 9.17) is 4.52 Å². The Morgan fingerprint density at radius 2 is 1.62 bits per heavy atom. The maximum atomic E-state index is 13.1. The van der Waals surface area contributed by atoms with Crippen molar-refractivity contribution in [3.63, 3.8) is 0 Å². The first-order valence-corrected chi connectivity index (χ1v) is 10.9. The van der Waals surface area contributed by atoms with Gasteiger partial charge in [0.2, 0.25) is 0 Å². The van der Waals surface area contributed by atoms with Crippen LogP contribution in [0.25, 0.3) is 22.2 Å². The smallest absolute Gasteiger partial charge is 0.255 e. The van der Waals surface area contributed by atoms with Crippen LogP contribution in [0.5, 0.6) is 0 Å². The summed E-state index contributed by atoms with van der Waals surface area (Å²) in [5.74, 6) is 0.295. The Morgan fingerprint density at radius 3 is 2.44 bits per heavy atom. The Bertz CT molecular complexity index is 1270. The van der Waals surface area contributed by atoms with E-state index in [-0.39, 0.29) is 11.8 Å². The second kappa shape index (κ2) is 8.67. The van der Waals surface area contributed by atoms with Crippen LogP contribution in [-0.2, 0) is 0 Å². The van der Waals surface area contributed by atoms with E-state index in [9.17, 15) is 9.59 Å². The fourth-order valence-electron chi connectivity index (χ4n) is 4.12. The average molecular weight is 425 g/mol. The monoisotopic (exact) mass is 425 g/mol. The van der Waals surface area contributed by atoms with Gasteiger partial charge in [-0.25, -0.2) is 0 Å². The van der Waals surface area contributed by atoms with E-state index >= 15 is 0 Å². The van der Waals surface area contributed by atoms with Crippen LogP contribution < -0.4 is 5.32 Å². The molecule has 0 unspecified atom stereocenters. The molecule has 6 heteroatoms. The van der Waals surface area contributed by atoms with Gasteiger partial charge < -0.3 is 14.7 Å². The summed E-state index contributed by atoms with van der Waals surface area (Å²) in [6, 6.07) is 22.1. The minimum Gasteiger partial charge on any atom is -0.355 e. The number of piperidine rings is 1. The van der Waals surface area contributed by atoms with Gasteiger partial charge in [0.25, 0.3) is 11.8 Å². The highest BCUT2D eigenvalue weighted by molar-refractivity contribution is 6.10. The van der Waals surface area contributed by atoms with E-state index in [0.717, 1.165) is 43.3 Å². The zero-order valence-corrected chi connectivity index (χ0v) is 17.6. The predicted octanol–water partition coefficient (Wildman–Crippen LogP) is 5.37. The molecule has 0 saturated carbocycles. The fraction of sp³-hybridized carbons (Fsp3) is 0.192. The number of benzene rings is 3. The lowest BCUT2D eigenvalue weighted by atomic mass is 10.1. The Morgan fingerprint density at radius 1 is 0.875 bits per heavy atom. The maximum Gasteiger partial charge on any atom is 0.255 e. The Kier molecular flexibility index (Phi) is 5.42. The first kappa shape index (κ1) is 20.0. The number of nitrogens with zero attached hydrogens (tertiary/aromatic N) is 2. The summed E-state index contributed by atoms with van der Waals surface area (Å²) in [4.78, 5) is 28.0. The first-order chi connectivity index (χ1) is 15.7. The Hall–Kier alpha value is -3.93. The van der Waals surface area contributed by atoms with Gasteiger partial charge in [-0.05, 0) is 49.6 Å². The molecule has 4 aromatic rings. The number of amides is 2. The van der Waals surface area contributed by atoms with Gasteiger partial charge in [0, 0.05) is 24.2 Å². The molecule has 0 aliphatic carbocycles. The van der Waals surface area contributed by atoms with Gasteiger partial charge in [-0.2, -0.15) is 0 Å². The van der Waals surface area contributed by atoms with E-state index in [2.05, 4.69) is 10.5 Å². The van der Waals surface area contributed by atoms with E-state index in [1.807, 2.05) is 47.4 Å². The highest BCUT2D eigenvalue weighted by atomic mass is 16.5. The molecule has 6 nitrogen and oxygen atoms in total. The molecule has 2 amide bonds. The quantitative estimate of drug-likeness (QED) is 0.477. The van der Waals surface area contributed by atoms with Crippen molar-refractivity contribution in [3.8, 4) is 11.3 Å². The van der Waals surface area contributed by atoms with Crippen LogP contribution in [0.3, 0.4) is 0 Å². The van der Waals surface area contributed by atoms with E-state index in [1.54, 1.807) is 30.3 Å². The number of para-hydroxylation sites is 1. The van der Waals surface area contributed by atoms with Crippen molar-refractivity contribution >= 4 is 28.4 Å². The second-order valence-electron chi connectivity index (χ2n) is 7.96. The summed E-state index contributed by atoms with van der Waals surface area (Å²) in [5.41, 5.74) is 3.07. The molecule has 0 atom stereocenters. The number of rotatable bonds is 4. The number of carbonyl (C=O) groups excluding carboxylic acids is 2. The zero-order valence-electron chi connectivity index (χ0n) is 17.6. The Balaban J connectivity index is 1.43. The SMILES string of the molecule is O=C(Nc1ccccc1C(=O)N1CCCCC1)c1ccc2noc(-c3ccccc3)c2c1. The third kappa shape index (κ3) is 3.87. The zero-order chi connectivity index (χ0) is 21.9. The molecule has 0 spiro atoms. The third-order valence-corrected chi connectivity index (χ3v) is 5.82. The van der Waals surface area contributed by atoms with E-state index in [0.29, 0.717) is 28.1 Å². The van der Waals surface area contributed by atoms with Crippen LogP contribution in [0.1, 0.15) is 40.0 Å². The normalized spacial score (nSPS) is 13.8. The van der Waals surface area contributed by atoms with Gasteiger partial charge in [-0.1, -0.05) is 47.6 Å². The minimum absolute atomic E-state index is 0.0403. The standard InChI is InChI=1S/C26H23N3O3/c30-25(27-22-12-6-5-11-20(22)26(31)29-15-7-2-8-16-29)19-13-14-23-21(17-19)24(32-28-23)18-9-3-1-4-10-18/h1,3-6,9-14,17H,2,7-8,15-16H2,(H,27,30). The van der Waals surface area contributed by atoms with Crippen molar-refractivity contribution in [3.05, 3.63) is 83.9 Å². The van der Waals surface area contributed by atoms with E-state index < -0.39 is 0 Å². The van der Waals surface area contributed by atoms with Crippen molar-refractivity contribution in [2.75, 3.05) is 18.4 Å². The highest BCUT2D eigenvalue weighted by Gasteiger charge is 2.22. The minimum atomic E-state index is -0.286. The fourth-order valence-corrected chi connectivity index (χ4v) is 4.12. The molecule has 1 fully saturated rings. The molecule has 1 saturated heterocycles. The highest BCUT2D eigenvalue weighted by Crippen LogP contribution is 2.29. The lowest BCUT2D eigenvalue weighted by molar-refractivity contribution is 0.0725. The number of carbonyl (C=O) groups is 2. The largest absolute Gasteiger partial charge is 0.355 e. The molecule has 0 bridgehead atoms. The molecule has 3 aromatic carbocycles. The molecule has 1 aliphatic heterocycles. The molecule has 1 N–H and O–H groups in total. The van der Waals surface area contributed by atoms with Crippen LogP contribution >= 0.6 is 0 Å². The van der Waals surface area contributed by atoms with Crippen LogP contribution in [0.4, 0.5) is 5.69 Å². The number of hydrogen-bond donors (Lipinski definition) is 1. The van der Waals surface area contributed by atoms with Gasteiger partial charge in [-0.3, -0.25) is 9.59 Å². The van der Waals surface area contributed by atoms with Crippen LogP contribution in [-0.4, -0.2) is 35.0 Å². The summed E-state index contributed by atoms with van der Waals surface area (Å²) >= 11 is 0. The second-order valence-corrected chi connectivity index (χ2v) is 7.96. The van der Waals surface area contributed by atoms with Crippen molar-refractivity contribution in [2.24, 2.45) is 0 Å². The number of nitrogens with one attached hydrogen (secondary N) is 1. The van der Waals surface area contributed by atoms with Gasteiger partial charge in [0.15, 0.2) is 5.76 Å². The summed E-state index contributed by atoms with van der Waals surface area (Å²) in [7, 11) is 0. The van der Waals surface area contributed by atoms with Crippen molar-refractivity contribution in [1.82, 2.24) is 10.1 Å². The third-order valence-electron chi connectivity index (χ3n) is 5.82. The molecular weight excluding hydrogens is 402 g/mol. The summed E-state index contributed by atoms with van der Waals surface area (Å²) in [5, 5.41) is 7.80. The number of anilines is 1. The van der Waals surface area contributed by atoms with Crippen LogP contribution in [0.15, 0.2) is 77.3 Å². The van der Waals surface area contributed by atoms with Crippen molar-refractivity contribution in [1.29, 1.82) is 0 Å². The molecule has 5 rings (SSSR count). The van der Waals surface area contributed by atoms with Gasteiger partial charge in [-0.15, -0.1) is 0 Å². The van der Waals surface area contributed by atoms with Gasteiger partial charge in [0.05, 0.1) is 16.6 Å². The number of aromatic nitrogens is 1. The molecule has 32 heavy (non-hydrogen) atoms. The van der Waals surface area contributed by atoms with Crippen molar-refractivity contribution < 1.29 is 14.1 Å². The summed E-state index contributed by atoms with van der Waals surface area (Å²) in [6.07, 6.45) is 3.18. The van der Waals surface area contributed by atoms with Crippen LogP contribution in [0, 0.1) is 0 Å². The van der Waals surface area contributed by atoms with Crippen molar-refractivity contribution in [2.45, 2.75) is 19.3 Å². The molecule has 1 aliphatic rings. The number of fused-ring (bicyclic) bond motifs is 1. The first-order valence-electron chi connectivity index (χ1n) is 10.9.